The predicted octanol–water partition coefficient (Wildman–Crippen LogP) is 2.88. The van der Waals surface area contributed by atoms with Crippen molar-refractivity contribution in [2.45, 2.75) is 30.6 Å². The highest BCUT2D eigenvalue weighted by atomic mass is 35.5. The van der Waals surface area contributed by atoms with Crippen molar-refractivity contribution in [1.82, 2.24) is 10.6 Å². The van der Waals surface area contributed by atoms with Crippen molar-refractivity contribution >= 4 is 30.1 Å². The highest BCUT2D eigenvalue weighted by Crippen LogP contribution is 2.34. The molecule has 0 aromatic heterocycles. The number of carbonyl (C=O) groups excluding carboxylic acids is 1. The number of carbonyl (C=O) groups is 1. The minimum atomic E-state index is 0. The highest BCUT2D eigenvalue weighted by Gasteiger charge is 2.32. The van der Waals surface area contributed by atoms with Crippen LogP contribution in [0.2, 0.25) is 0 Å². The molecule has 0 spiro atoms. The van der Waals surface area contributed by atoms with Crippen LogP contribution in [0, 0.1) is 5.41 Å². The van der Waals surface area contributed by atoms with E-state index >= 15 is 0 Å². The van der Waals surface area contributed by atoms with Crippen molar-refractivity contribution in [3.05, 3.63) is 18.2 Å². The average molecular weight is 431 g/mol. The van der Waals surface area contributed by atoms with Crippen molar-refractivity contribution in [1.29, 1.82) is 0 Å². The molecule has 1 fully saturated rings. The van der Waals surface area contributed by atoms with Crippen molar-refractivity contribution in [3.8, 4) is 11.5 Å². The summed E-state index contributed by atoms with van der Waals surface area (Å²) in [6.07, 6.45) is 3.47. The number of methoxy groups -OCH3 is 1. The first-order valence-corrected chi connectivity index (χ1v) is 10.7. The van der Waals surface area contributed by atoms with Crippen LogP contribution >= 0.6 is 24.2 Å². The van der Waals surface area contributed by atoms with E-state index in [4.69, 9.17) is 14.2 Å². The summed E-state index contributed by atoms with van der Waals surface area (Å²) < 4.78 is 16.8. The molecule has 2 N–H and O–H groups in total. The first kappa shape index (κ1) is 23.1. The number of fused-ring (bicyclic) bond motifs is 1. The van der Waals surface area contributed by atoms with E-state index in [1.54, 1.807) is 18.9 Å². The Balaban J connectivity index is 0.00000280. The lowest BCUT2D eigenvalue weighted by atomic mass is 9.79. The van der Waals surface area contributed by atoms with Crippen LogP contribution < -0.4 is 20.1 Å². The summed E-state index contributed by atoms with van der Waals surface area (Å²) in [5.74, 6) is 2.45. The Labute approximate surface area is 177 Å². The molecule has 0 saturated carbocycles. The van der Waals surface area contributed by atoms with Crippen LogP contribution in [0.1, 0.15) is 25.7 Å². The lowest BCUT2D eigenvalue weighted by Gasteiger charge is -2.37. The predicted molar refractivity (Wildman–Crippen MR) is 114 cm³/mol. The molecule has 3 rings (SSSR count). The average Bonchev–Trinajstić information content (AvgIpc) is 2.92. The molecule has 2 aliphatic heterocycles. The van der Waals surface area contributed by atoms with Gasteiger partial charge >= 0.3 is 0 Å². The number of benzene rings is 1. The second kappa shape index (κ2) is 11.8. The van der Waals surface area contributed by atoms with Crippen LogP contribution in [0.3, 0.4) is 0 Å². The SMILES string of the molecule is COCC1(CNC(=O)CCSc2ccc3c(c2)OCCCO3)CCNCC1.Cl. The van der Waals surface area contributed by atoms with Gasteiger partial charge in [-0.3, -0.25) is 4.79 Å². The van der Waals surface area contributed by atoms with E-state index in [0.717, 1.165) is 54.5 Å². The summed E-state index contributed by atoms with van der Waals surface area (Å²) in [6, 6.07) is 5.99. The fourth-order valence-corrected chi connectivity index (χ4v) is 4.38. The van der Waals surface area contributed by atoms with Gasteiger partial charge in [-0.15, -0.1) is 24.2 Å². The molecular formula is C20H31ClN2O4S. The third kappa shape index (κ3) is 6.72. The molecule has 1 aromatic rings. The summed E-state index contributed by atoms with van der Waals surface area (Å²) in [4.78, 5) is 13.4. The highest BCUT2D eigenvalue weighted by molar-refractivity contribution is 7.99. The summed E-state index contributed by atoms with van der Waals surface area (Å²) in [7, 11) is 1.73. The summed E-state index contributed by atoms with van der Waals surface area (Å²) in [5.41, 5.74) is 0.0666. The van der Waals surface area contributed by atoms with Gasteiger partial charge in [-0.2, -0.15) is 0 Å². The van der Waals surface area contributed by atoms with Crippen LogP contribution in [0.15, 0.2) is 23.1 Å². The molecule has 1 amide bonds. The summed E-state index contributed by atoms with van der Waals surface area (Å²) >= 11 is 1.67. The minimum absolute atomic E-state index is 0. The van der Waals surface area contributed by atoms with E-state index in [9.17, 15) is 4.79 Å². The van der Waals surface area contributed by atoms with Crippen LogP contribution in [-0.4, -0.2) is 58.2 Å². The first-order valence-electron chi connectivity index (χ1n) is 9.70. The maximum Gasteiger partial charge on any atom is 0.220 e. The van der Waals surface area contributed by atoms with E-state index in [0.29, 0.717) is 32.8 Å². The molecular weight excluding hydrogens is 400 g/mol. The Morgan fingerprint density at radius 1 is 1.25 bits per heavy atom. The maximum atomic E-state index is 12.3. The van der Waals surface area contributed by atoms with Crippen LogP contribution in [-0.2, 0) is 9.53 Å². The Hall–Kier alpha value is -1.15. The minimum Gasteiger partial charge on any atom is -0.490 e. The van der Waals surface area contributed by atoms with Crippen LogP contribution in [0.4, 0.5) is 0 Å². The van der Waals surface area contributed by atoms with E-state index in [1.807, 2.05) is 18.2 Å². The molecule has 1 saturated heterocycles. The molecule has 0 bridgehead atoms. The molecule has 0 atom stereocenters. The first-order chi connectivity index (χ1) is 13.2. The monoisotopic (exact) mass is 430 g/mol. The molecule has 6 nitrogen and oxygen atoms in total. The Bertz CT molecular complexity index is 621. The molecule has 0 unspecified atom stereocenters. The molecule has 2 aliphatic rings. The van der Waals surface area contributed by atoms with Gasteiger partial charge in [0.2, 0.25) is 5.91 Å². The quantitative estimate of drug-likeness (QED) is 0.618. The van der Waals surface area contributed by atoms with Gasteiger partial charge in [0.25, 0.3) is 0 Å². The molecule has 28 heavy (non-hydrogen) atoms. The van der Waals surface area contributed by atoms with Crippen molar-refractivity contribution < 1.29 is 19.0 Å². The van der Waals surface area contributed by atoms with E-state index in [2.05, 4.69) is 10.6 Å². The van der Waals surface area contributed by atoms with Crippen molar-refractivity contribution in [2.24, 2.45) is 5.41 Å². The normalized spacial score (nSPS) is 17.9. The van der Waals surface area contributed by atoms with E-state index < -0.39 is 0 Å². The zero-order valence-corrected chi connectivity index (χ0v) is 18.1. The zero-order chi connectivity index (χ0) is 19.0. The molecule has 1 aromatic carbocycles. The number of nitrogens with one attached hydrogen (secondary N) is 2. The van der Waals surface area contributed by atoms with Gasteiger partial charge in [0.15, 0.2) is 11.5 Å². The fourth-order valence-electron chi connectivity index (χ4n) is 3.50. The number of thioether (sulfide) groups is 1. The lowest BCUT2D eigenvalue weighted by molar-refractivity contribution is -0.121. The number of halogens is 1. The van der Waals surface area contributed by atoms with Crippen LogP contribution in [0.5, 0.6) is 11.5 Å². The molecule has 8 heteroatoms. The van der Waals surface area contributed by atoms with Gasteiger partial charge in [-0.25, -0.2) is 0 Å². The smallest absolute Gasteiger partial charge is 0.220 e. The lowest BCUT2D eigenvalue weighted by Crippen LogP contribution is -2.47. The standard InChI is InChI=1S/C20H30N2O4S.ClH/c1-24-15-20(6-8-21-9-7-20)14-22-19(23)5-12-27-16-3-4-17-18(13-16)26-11-2-10-25-17;/h3-4,13,21H,2,5-12,14-15H2,1H3,(H,22,23);1H. The Morgan fingerprint density at radius 2 is 2.00 bits per heavy atom. The number of amides is 1. The number of piperidine rings is 1. The second-order valence-corrected chi connectivity index (χ2v) is 8.39. The maximum absolute atomic E-state index is 12.3. The molecule has 0 aliphatic carbocycles. The van der Waals surface area contributed by atoms with Gasteiger partial charge < -0.3 is 24.8 Å². The largest absolute Gasteiger partial charge is 0.490 e. The van der Waals surface area contributed by atoms with Gasteiger partial charge in [-0.05, 0) is 44.1 Å². The van der Waals surface area contributed by atoms with E-state index in [1.165, 1.54) is 0 Å². The third-order valence-electron chi connectivity index (χ3n) is 5.09. The number of hydrogen-bond acceptors (Lipinski definition) is 6. The van der Waals surface area contributed by atoms with Gasteiger partial charge in [0, 0.05) is 42.6 Å². The topological polar surface area (TPSA) is 68.8 Å². The zero-order valence-electron chi connectivity index (χ0n) is 16.5. The Morgan fingerprint density at radius 3 is 2.75 bits per heavy atom. The van der Waals surface area contributed by atoms with Gasteiger partial charge in [-0.1, -0.05) is 0 Å². The molecule has 158 valence electrons. The number of ether oxygens (including phenoxy) is 3. The fraction of sp³-hybridized carbons (Fsp3) is 0.650. The molecule has 2 heterocycles. The number of hydrogen-bond donors (Lipinski definition) is 2. The van der Waals surface area contributed by atoms with Gasteiger partial charge in [0.1, 0.15) is 0 Å². The summed E-state index contributed by atoms with van der Waals surface area (Å²) in [5, 5.41) is 6.49. The second-order valence-electron chi connectivity index (χ2n) is 7.22. The number of rotatable bonds is 8. The summed E-state index contributed by atoms with van der Waals surface area (Å²) in [6.45, 7) is 4.73. The Kier molecular flexibility index (Phi) is 9.71. The van der Waals surface area contributed by atoms with Crippen molar-refractivity contribution in [2.75, 3.05) is 52.3 Å². The third-order valence-corrected chi connectivity index (χ3v) is 6.09. The van der Waals surface area contributed by atoms with E-state index in [-0.39, 0.29) is 23.7 Å². The van der Waals surface area contributed by atoms with Crippen LogP contribution in [0.25, 0.3) is 0 Å². The van der Waals surface area contributed by atoms with Gasteiger partial charge in [0.05, 0.1) is 19.8 Å². The molecule has 0 radical (unpaired) electrons. The van der Waals surface area contributed by atoms with Crippen molar-refractivity contribution in [3.63, 3.8) is 0 Å².